The topological polar surface area (TPSA) is 34.4 Å². The number of rotatable bonds is 4. The van der Waals surface area contributed by atoms with Gasteiger partial charge in [0, 0.05) is 5.56 Å². The summed E-state index contributed by atoms with van der Waals surface area (Å²) >= 11 is 0. The van der Waals surface area contributed by atoms with Crippen molar-refractivity contribution < 1.29 is 9.15 Å². The summed E-state index contributed by atoms with van der Waals surface area (Å²) in [5.41, 5.74) is 1.18. The molecule has 0 saturated carbocycles. The molecule has 1 atom stereocenters. The van der Waals surface area contributed by atoms with Crippen LogP contribution < -0.4 is 5.32 Å². The van der Waals surface area contributed by atoms with Gasteiger partial charge in [0.1, 0.15) is 11.5 Å². The standard InChI is InChI=1S/C13H19NO2/c1-3-14-13(11-7-9-15-10(11)2)12-6-4-5-8-16-12/h6-7,9,13-14H,3-5,8H2,1-2H3. The molecule has 0 amide bonds. The quantitative estimate of drug-likeness (QED) is 0.848. The first-order valence-corrected chi connectivity index (χ1v) is 5.93. The average molecular weight is 221 g/mol. The molecule has 1 aromatic rings. The Morgan fingerprint density at radius 1 is 1.50 bits per heavy atom. The van der Waals surface area contributed by atoms with Gasteiger partial charge in [-0.1, -0.05) is 6.92 Å². The number of aryl methyl sites for hydroxylation is 1. The number of nitrogens with one attached hydrogen (secondary N) is 1. The molecule has 88 valence electrons. The lowest BCUT2D eigenvalue weighted by Crippen LogP contribution is -2.25. The number of furan rings is 1. The Labute approximate surface area is 96.5 Å². The van der Waals surface area contributed by atoms with Gasteiger partial charge < -0.3 is 14.5 Å². The summed E-state index contributed by atoms with van der Waals surface area (Å²) in [6, 6.07) is 2.16. The molecule has 3 nitrogen and oxygen atoms in total. The van der Waals surface area contributed by atoms with E-state index < -0.39 is 0 Å². The second-order valence-electron chi connectivity index (χ2n) is 4.02. The minimum Gasteiger partial charge on any atom is -0.496 e. The van der Waals surface area contributed by atoms with Crippen molar-refractivity contribution in [3.63, 3.8) is 0 Å². The van der Waals surface area contributed by atoms with E-state index in [4.69, 9.17) is 9.15 Å². The van der Waals surface area contributed by atoms with Crippen LogP contribution in [0, 0.1) is 6.92 Å². The van der Waals surface area contributed by atoms with Crippen LogP contribution in [0.15, 0.2) is 28.6 Å². The lowest BCUT2D eigenvalue weighted by Gasteiger charge is -2.24. The van der Waals surface area contributed by atoms with E-state index >= 15 is 0 Å². The predicted molar refractivity (Wildman–Crippen MR) is 63.1 cm³/mol. The lowest BCUT2D eigenvalue weighted by molar-refractivity contribution is 0.167. The van der Waals surface area contributed by atoms with Gasteiger partial charge in [-0.05, 0) is 38.5 Å². The van der Waals surface area contributed by atoms with Crippen LogP contribution in [0.5, 0.6) is 0 Å². The fourth-order valence-electron chi connectivity index (χ4n) is 2.04. The summed E-state index contributed by atoms with van der Waals surface area (Å²) in [5, 5.41) is 3.44. The second kappa shape index (κ2) is 5.21. The van der Waals surface area contributed by atoms with Crippen molar-refractivity contribution >= 4 is 0 Å². The molecule has 0 aliphatic carbocycles. The van der Waals surface area contributed by atoms with E-state index in [1.807, 2.05) is 13.0 Å². The van der Waals surface area contributed by atoms with E-state index in [1.165, 1.54) is 5.56 Å². The van der Waals surface area contributed by atoms with Gasteiger partial charge in [0.05, 0.1) is 18.9 Å². The number of likely N-dealkylation sites (N-methyl/N-ethyl adjacent to an activating group) is 1. The Kier molecular flexibility index (Phi) is 3.67. The Hall–Kier alpha value is -1.22. The molecule has 0 spiro atoms. The molecule has 1 aliphatic rings. The number of hydrogen-bond acceptors (Lipinski definition) is 3. The van der Waals surface area contributed by atoms with Crippen molar-refractivity contribution in [1.29, 1.82) is 0 Å². The molecule has 0 saturated heterocycles. The summed E-state index contributed by atoms with van der Waals surface area (Å²) in [5.74, 6) is 2.00. The van der Waals surface area contributed by atoms with Crippen molar-refractivity contribution in [2.75, 3.05) is 13.2 Å². The van der Waals surface area contributed by atoms with Crippen LogP contribution in [0.4, 0.5) is 0 Å². The van der Waals surface area contributed by atoms with Gasteiger partial charge in [-0.2, -0.15) is 0 Å². The second-order valence-corrected chi connectivity index (χ2v) is 4.02. The van der Waals surface area contributed by atoms with E-state index in [2.05, 4.69) is 18.3 Å². The zero-order valence-electron chi connectivity index (χ0n) is 9.95. The third-order valence-electron chi connectivity index (χ3n) is 2.87. The van der Waals surface area contributed by atoms with E-state index in [-0.39, 0.29) is 6.04 Å². The van der Waals surface area contributed by atoms with E-state index in [0.29, 0.717) is 0 Å². The first-order chi connectivity index (χ1) is 7.83. The van der Waals surface area contributed by atoms with Crippen LogP contribution in [0.3, 0.4) is 0 Å². The lowest BCUT2D eigenvalue weighted by atomic mass is 10.0. The smallest absolute Gasteiger partial charge is 0.114 e. The highest BCUT2D eigenvalue weighted by atomic mass is 16.5. The minimum atomic E-state index is 0.143. The Morgan fingerprint density at radius 3 is 2.94 bits per heavy atom. The Bertz CT molecular complexity index is 368. The van der Waals surface area contributed by atoms with Gasteiger partial charge in [-0.25, -0.2) is 0 Å². The van der Waals surface area contributed by atoms with E-state index in [9.17, 15) is 0 Å². The van der Waals surface area contributed by atoms with Gasteiger partial charge in [-0.3, -0.25) is 0 Å². The van der Waals surface area contributed by atoms with Crippen LogP contribution >= 0.6 is 0 Å². The first kappa shape index (κ1) is 11.3. The van der Waals surface area contributed by atoms with Gasteiger partial charge in [0.2, 0.25) is 0 Å². The molecule has 0 radical (unpaired) electrons. The van der Waals surface area contributed by atoms with Crippen LogP contribution in [0.25, 0.3) is 0 Å². The molecule has 2 heterocycles. The van der Waals surface area contributed by atoms with Gasteiger partial charge in [0.25, 0.3) is 0 Å². The van der Waals surface area contributed by atoms with Crippen molar-refractivity contribution in [3.05, 3.63) is 35.5 Å². The number of hydrogen-bond donors (Lipinski definition) is 1. The van der Waals surface area contributed by atoms with Crippen LogP contribution in [-0.2, 0) is 4.74 Å². The summed E-state index contributed by atoms with van der Waals surface area (Å²) in [7, 11) is 0. The van der Waals surface area contributed by atoms with Gasteiger partial charge >= 0.3 is 0 Å². The highest BCUT2D eigenvalue weighted by Crippen LogP contribution is 2.28. The molecule has 0 aromatic carbocycles. The SMILES string of the molecule is CCNC(C1=CCCCO1)c1ccoc1C. The van der Waals surface area contributed by atoms with Crippen molar-refractivity contribution in [3.8, 4) is 0 Å². The Balaban J connectivity index is 2.23. The zero-order chi connectivity index (χ0) is 11.4. The molecule has 2 rings (SSSR count). The van der Waals surface area contributed by atoms with Crippen LogP contribution in [0.1, 0.15) is 37.1 Å². The van der Waals surface area contributed by atoms with Gasteiger partial charge in [0.15, 0.2) is 0 Å². The van der Waals surface area contributed by atoms with Crippen molar-refractivity contribution in [2.45, 2.75) is 32.7 Å². The third kappa shape index (κ3) is 2.30. The fraction of sp³-hybridized carbons (Fsp3) is 0.538. The van der Waals surface area contributed by atoms with Gasteiger partial charge in [-0.15, -0.1) is 0 Å². The molecule has 1 aromatic heterocycles. The summed E-state index contributed by atoms with van der Waals surface area (Å²) in [4.78, 5) is 0. The molecule has 1 aliphatic heterocycles. The normalized spacial score (nSPS) is 17.8. The summed E-state index contributed by atoms with van der Waals surface area (Å²) in [6.07, 6.45) is 6.14. The maximum absolute atomic E-state index is 5.73. The molecule has 1 N–H and O–H groups in total. The molecule has 0 bridgehead atoms. The molecule has 3 heteroatoms. The van der Waals surface area contributed by atoms with Crippen molar-refractivity contribution in [2.24, 2.45) is 0 Å². The maximum Gasteiger partial charge on any atom is 0.114 e. The summed E-state index contributed by atoms with van der Waals surface area (Å²) < 4.78 is 11.1. The van der Waals surface area contributed by atoms with E-state index in [1.54, 1.807) is 6.26 Å². The molecule has 1 unspecified atom stereocenters. The predicted octanol–water partition coefficient (Wildman–Crippen LogP) is 2.93. The van der Waals surface area contributed by atoms with Crippen LogP contribution in [-0.4, -0.2) is 13.2 Å². The molecule has 0 fully saturated rings. The first-order valence-electron chi connectivity index (χ1n) is 5.93. The minimum absolute atomic E-state index is 0.143. The van der Waals surface area contributed by atoms with Crippen molar-refractivity contribution in [1.82, 2.24) is 5.32 Å². The number of ether oxygens (including phenoxy) is 1. The van der Waals surface area contributed by atoms with E-state index in [0.717, 1.165) is 37.5 Å². The largest absolute Gasteiger partial charge is 0.496 e. The van der Waals surface area contributed by atoms with Crippen LogP contribution in [0.2, 0.25) is 0 Å². The molecular weight excluding hydrogens is 202 g/mol. The summed E-state index contributed by atoms with van der Waals surface area (Å²) in [6.45, 7) is 5.83. The average Bonchev–Trinajstić information content (AvgIpc) is 2.73. The number of allylic oxidation sites excluding steroid dienone is 1. The molecule has 16 heavy (non-hydrogen) atoms. The fourth-order valence-corrected chi connectivity index (χ4v) is 2.04. The monoisotopic (exact) mass is 221 g/mol. The zero-order valence-corrected chi connectivity index (χ0v) is 9.95. The highest BCUT2D eigenvalue weighted by Gasteiger charge is 2.21. The molecular formula is C13H19NO2. The Morgan fingerprint density at radius 2 is 2.38 bits per heavy atom. The maximum atomic E-state index is 5.73. The third-order valence-corrected chi connectivity index (χ3v) is 2.87. The highest BCUT2D eigenvalue weighted by molar-refractivity contribution is 5.27.